The zero-order valence-electron chi connectivity index (χ0n) is 8.12. The molecule has 2 aromatic rings. The lowest BCUT2D eigenvalue weighted by Gasteiger charge is -1.93. The maximum absolute atomic E-state index is 11.1. The molecule has 0 aliphatic carbocycles. The van der Waals surface area contributed by atoms with Gasteiger partial charge >= 0.3 is 5.97 Å². The van der Waals surface area contributed by atoms with Gasteiger partial charge in [-0.05, 0) is 29.7 Å². The maximum Gasteiger partial charge on any atom is 0.310 e. The average molecular weight is 241 g/mol. The number of hydrogen-bond acceptors (Lipinski definition) is 3. The first-order valence-electron chi connectivity index (χ1n) is 4.44. The Morgan fingerprint density at radius 1 is 1.47 bits per heavy atom. The zero-order chi connectivity index (χ0) is 10.8. The second-order valence-corrected chi connectivity index (χ2v) is 4.75. The van der Waals surface area contributed by atoms with Crippen LogP contribution in [0.25, 0.3) is 10.1 Å². The molecule has 1 heterocycles. The number of thiophene rings is 1. The monoisotopic (exact) mass is 240 g/mol. The fourth-order valence-electron chi connectivity index (χ4n) is 1.37. The van der Waals surface area contributed by atoms with Crippen molar-refractivity contribution in [1.82, 2.24) is 0 Å². The summed E-state index contributed by atoms with van der Waals surface area (Å²) >= 11 is 7.46. The van der Waals surface area contributed by atoms with Gasteiger partial charge in [0, 0.05) is 14.6 Å². The summed E-state index contributed by atoms with van der Waals surface area (Å²) in [5.74, 6) is -0.215. The Morgan fingerprint density at radius 2 is 2.27 bits per heavy atom. The van der Waals surface area contributed by atoms with Gasteiger partial charge < -0.3 is 4.74 Å². The molecule has 4 heteroatoms. The molecule has 2 nitrogen and oxygen atoms in total. The van der Waals surface area contributed by atoms with Crippen molar-refractivity contribution in [2.24, 2.45) is 0 Å². The van der Waals surface area contributed by atoms with Crippen LogP contribution < -0.4 is 0 Å². The molecule has 78 valence electrons. The Kier molecular flexibility index (Phi) is 2.93. The Labute approximate surface area is 96.4 Å². The first-order chi connectivity index (χ1) is 7.19. The normalized spacial score (nSPS) is 10.5. The third-order valence-corrected chi connectivity index (χ3v) is 3.43. The summed E-state index contributed by atoms with van der Waals surface area (Å²) < 4.78 is 5.75. The largest absolute Gasteiger partial charge is 0.469 e. The second kappa shape index (κ2) is 4.21. The topological polar surface area (TPSA) is 26.3 Å². The van der Waals surface area contributed by atoms with E-state index in [1.54, 1.807) is 11.3 Å². The maximum atomic E-state index is 11.1. The number of carbonyl (C=O) groups excluding carboxylic acids is 1. The zero-order valence-corrected chi connectivity index (χ0v) is 9.69. The summed E-state index contributed by atoms with van der Waals surface area (Å²) in [5, 5.41) is 1.79. The van der Waals surface area contributed by atoms with E-state index in [-0.39, 0.29) is 5.97 Å². The van der Waals surface area contributed by atoms with Crippen molar-refractivity contribution in [3.8, 4) is 0 Å². The lowest BCUT2D eigenvalue weighted by molar-refractivity contribution is -0.139. The van der Waals surface area contributed by atoms with Crippen molar-refractivity contribution >= 4 is 39.0 Å². The summed E-state index contributed by atoms with van der Waals surface area (Å²) in [6, 6.07) is 7.68. The third-order valence-electron chi connectivity index (χ3n) is 2.08. The van der Waals surface area contributed by atoms with Gasteiger partial charge in [-0.2, -0.15) is 0 Å². The van der Waals surface area contributed by atoms with Crippen molar-refractivity contribution in [3.63, 3.8) is 0 Å². The number of esters is 1. The molecule has 1 aromatic heterocycles. The predicted octanol–water partition coefficient (Wildman–Crippen LogP) is 3.27. The summed E-state index contributed by atoms with van der Waals surface area (Å²) in [6.45, 7) is 0. The van der Waals surface area contributed by atoms with E-state index in [4.69, 9.17) is 11.6 Å². The average Bonchev–Trinajstić information content (AvgIpc) is 2.59. The number of fused-ring (bicyclic) bond motifs is 1. The van der Waals surface area contributed by atoms with Crippen LogP contribution in [0.2, 0.25) is 5.02 Å². The smallest absolute Gasteiger partial charge is 0.310 e. The van der Waals surface area contributed by atoms with Crippen molar-refractivity contribution in [1.29, 1.82) is 0 Å². The number of ether oxygens (including phenoxy) is 1. The molecule has 0 N–H and O–H groups in total. The van der Waals surface area contributed by atoms with Crippen LogP contribution in [0.15, 0.2) is 24.3 Å². The Morgan fingerprint density at radius 3 is 3.00 bits per heavy atom. The fraction of sp³-hybridized carbons (Fsp3) is 0.182. The SMILES string of the molecule is COC(=O)Cc1cc2cc(Cl)ccc2s1. The van der Waals surface area contributed by atoms with E-state index in [0.29, 0.717) is 11.4 Å². The molecule has 0 aliphatic rings. The third kappa shape index (κ3) is 2.30. The molecule has 0 fully saturated rings. The number of carbonyl (C=O) groups is 1. The second-order valence-electron chi connectivity index (χ2n) is 3.15. The van der Waals surface area contributed by atoms with Crippen LogP contribution >= 0.6 is 22.9 Å². The highest BCUT2D eigenvalue weighted by Gasteiger charge is 2.07. The highest BCUT2D eigenvalue weighted by Crippen LogP contribution is 2.28. The molecule has 15 heavy (non-hydrogen) atoms. The number of rotatable bonds is 2. The lowest BCUT2D eigenvalue weighted by atomic mass is 10.2. The van der Waals surface area contributed by atoms with E-state index in [1.807, 2.05) is 24.3 Å². The number of methoxy groups -OCH3 is 1. The minimum Gasteiger partial charge on any atom is -0.469 e. The van der Waals surface area contributed by atoms with Gasteiger partial charge in [0.15, 0.2) is 0 Å². The molecule has 0 saturated heterocycles. The number of halogens is 1. The summed E-state index contributed by atoms with van der Waals surface area (Å²) in [5.41, 5.74) is 0. The Hall–Kier alpha value is -1.06. The first kappa shape index (κ1) is 10.5. The van der Waals surface area contributed by atoms with Crippen LogP contribution in [0, 0.1) is 0 Å². The van der Waals surface area contributed by atoms with Crippen molar-refractivity contribution in [2.75, 3.05) is 7.11 Å². The van der Waals surface area contributed by atoms with Crippen LogP contribution in [0.4, 0.5) is 0 Å². The Bertz CT molecular complexity index is 504. The quantitative estimate of drug-likeness (QED) is 0.753. The highest BCUT2D eigenvalue weighted by molar-refractivity contribution is 7.19. The van der Waals surface area contributed by atoms with Crippen molar-refractivity contribution in [2.45, 2.75) is 6.42 Å². The number of benzene rings is 1. The number of hydrogen-bond donors (Lipinski definition) is 0. The standard InChI is InChI=1S/C11H9ClO2S/c1-14-11(13)6-9-5-7-4-8(12)2-3-10(7)15-9/h2-5H,6H2,1H3. The molecule has 0 atom stereocenters. The molecule has 0 saturated carbocycles. The van der Waals surface area contributed by atoms with Crippen molar-refractivity contribution < 1.29 is 9.53 Å². The van der Waals surface area contributed by atoms with Gasteiger partial charge in [0.1, 0.15) is 0 Å². The molecule has 1 aromatic carbocycles. The molecule has 0 radical (unpaired) electrons. The van der Waals surface area contributed by atoms with Gasteiger partial charge in [-0.3, -0.25) is 4.79 Å². The fourth-order valence-corrected chi connectivity index (χ4v) is 2.58. The molecule has 2 rings (SSSR count). The van der Waals surface area contributed by atoms with Crippen molar-refractivity contribution in [3.05, 3.63) is 34.2 Å². The first-order valence-corrected chi connectivity index (χ1v) is 5.63. The van der Waals surface area contributed by atoms with E-state index < -0.39 is 0 Å². The van der Waals surface area contributed by atoms with Gasteiger partial charge in [0.05, 0.1) is 13.5 Å². The van der Waals surface area contributed by atoms with Crippen LogP contribution in [0.1, 0.15) is 4.88 Å². The van der Waals surface area contributed by atoms with Gasteiger partial charge in [-0.1, -0.05) is 11.6 Å². The minimum absolute atomic E-state index is 0.215. The summed E-state index contributed by atoms with van der Waals surface area (Å²) in [7, 11) is 1.40. The molecule has 0 aliphatic heterocycles. The highest BCUT2D eigenvalue weighted by atomic mass is 35.5. The summed E-state index contributed by atoms with van der Waals surface area (Å²) in [4.78, 5) is 12.1. The molecular formula is C11H9ClO2S. The van der Waals surface area contributed by atoms with E-state index >= 15 is 0 Å². The van der Waals surface area contributed by atoms with Crippen LogP contribution in [-0.2, 0) is 16.0 Å². The van der Waals surface area contributed by atoms with E-state index in [0.717, 1.165) is 15.0 Å². The summed E-state index contributed by atoms with van der Waals surface area (Å²) in [6.07, 6.45) is 0.327. The van der Waals surface area contributed by atoms with Crippen LogP contribution in [-0.4, -0.2) is 13.1 Å². The van der Waals surface area contributed by atoms with Gasteiger partial charge in [0.2, 0.25) is 0 Å². The lowest BCUT2D eigenvalue weighted by Crippen LogP contribution is -2.02. The molecular weight excluding hydrogens is 232 g/mol. The molecule has 0 bridgehead atoms. The molecule has 0 spiro atoms. The minimum atomic E-state index is -0.215. The van der Waals surface area contributed by atoms with E-state index in [1.165, 1.54) is 7.11 Å². The Balaban J connectivity index is 2.34. The predicted molar refractivity (Wildman–Crippen MR) is 62.6 cm³/mol. The van der Waals surface area contributed by atoms with E-state index in [9.17, 15) is 4.79 Å². The van der Waals surface area contributed by atoms with Crippen LogP contribution in [0.5, 0.6) is 0 Å². The van der Waals surface area contributed by atoms with Crippen LogP contribution in [0.3, 0.4) is 0 Å². The van der Waals surface area contributed by atoms with Gasteiger partial charge in [0.25, 0.3) is 0 Å². The van der Waals surface area contributed by atoms with Gasteiger partial charge in [-0.25, -0.2) is 0 Å². The molecule has 0 amide bonds. The van der Waals surface area contributed by atoms with E-state index in [2.05, 4.69) is 4.74 Å². The molecule has 0 unspecified atom stereocenters. The van der Waals surface area contributed by atoms with Gasteiger partial charge in [-0.15, -0.1) is 11.3 Å².